The molecule has 0 aromatic heterocycles. The average Bonchev–Trinajstić information content (AvgIpc) is 2.69. The van der Waals surface area contributed by atoms with Crippen molar-refractivity contribution in [2.24, 2.45) is 0 Å². The van der Waals surface area contributed by atoms with Gasteiger partial charge < -0.3 is 15.4 Å². The van der Waals surface area contributed by atoms with Crippen LogP contribution in [0.1, 0.15) is 25.8 Å². The topological polar surface area (TPSA) is 87.7 Å². The first-order valence-electron chi connectivity index (χ1n) is 9.60. The molecule has 0 saturated heterocycles. The lowest BCUT2D eigenvalue weighted by Gasteiger charge is -2.17. The van der Waals surface area contributed by atoms with E-state index in [0.29, 0.717) is 12.3 Å². The van der Waals surface area contributed by atoms with Crippen LogP contribution in [0.3, 0.4) is 0 Å². The summed E-state index contributed by atoms with van der Waals surface area (Å²) in [5.41, 5.74) is 2.47. The van der Waals surface area contributed by atoms with E-state index in [1.54, 1.807) is 19.1 Å². The van der Waals surface area contributed by atoms with Gasteiger partial charge in [0.2, 0.25) is 15.9 Å². The van der Waals surface area contributed by atoms with Gasteiger partial charge in [-0.25, -0.2) is 12.7 Å². The summed E-state index contributed by atoms with van der Waals surface area (Å²) in [5.74, 6) is 0.0579. The number of nitrogens with one attached hydrogen (secondary N) is 2. The van der Waals surface area contributed by atoms with Gasteiger partial charge in [-0.05, 0) is 49.2 Å². The van der Waals surface area contributed by atoms with Gasteiger partial charge in [-0.15, -0.1) is 0 Å². The molecule has 0 saturated carbocycles. The first kappa shape index (κ1) is 22.7. The zero-order valence-electron chi connectivity index (χ0n) is 17.4. The van der Waals surface area contributed by atoms with Gasteiger partial charge in [0.1, 0.15) is 10.6 Å². The summed E-state index contributed by atoms with van der Waals surface area (Å²) in [6, 6.07) is 12.5. The van der Waals surface area contributed by atoms with E-state index in [0.717, 1.165) is 22.8 Å². The van der Waals surface area contributed by atoms with E-state index >= 15 is 0 Å². The van der Waals surface area contributed by atoms with Crippen molar-refractivity contribution in [2.45, 2.75) is 31.6 Å². The van der Waals surface area contributed by atoms with Crippen molar-refractivity contribution in [1.82, 2.24) is 4.31 Å². The summed E-state index contributed by atoms with van der Waals surface area (Å²) < 4.78 is 31.7. The van der Waals surface area contributed by atoms with Gasteiger partial charge in [0.25, 0.3) is 0 Å². The Balaban J connectivity index is 2.07. The lowest BCUT2D eigenvalue weighted by atomic mass is 10.1. The Kier molecular flexibility index (Phi) is 8.04. The third-order valence-corrected chi connectivity index (χ3v) is 6.07. The molecule has 29 heavy (non-hydrogen) atoms. The number of amides is 1. The minimum atomic E-state index is -3.68. The summed E-state index contributed by atoms with van der Waals surface area (Å²) in [6.07, 6.45) is 2.08. The largest absolute Gasteiger partial charge is 0.492 e. The van der Waals surface area contributed by atoms with Gasteiger partial charge in [0.05, 0.1) is 13.2 Å². The second-order valence-electron chi connectivity index (χ2n) is 6.73. The lowest BCUT2D eigenvalue weighted by Crippen LogP contribution is -2.24. The standard InChI is InChI=1S/C21H29N3O4S/c1-5-7-16-8-10-17(11-9-16)23-21(25)15-22-18-12-13-19(28-6-2)20(14-18)29(26,27)24(3)4/h8-14,22H,5-7,15H2,1-4H3,(H,23,25). The predicted molar refractivity (Wildman–Crippen MR) is 116 cm³/mol. The zero-order valence-corrected chi connectivity index (χ0v) is 18.2. The maximum Gasteiger partial charge on any atom is 0.246 e. The third-order valence-electron chi connectivity index (χ3n) is 4.23. The number of anilines is 2. The number of carbonyl (C=O) groups excluding carboxylic acids is 1. The van der Waals surface area contributed by atoms with Gasteiger partial charge in [-0.1, -0.05) is 25.5 Å². The quantitative estimate of drug-likeness (QED) is 0.617. The first-order valence-corrected chi connectivity index (χ1v) is 11.0. The highest BCUT2D eigenvalue weighted by Crippen LogP contribution is 2.29. The van der Waals surface area contributed by atoms with Crippen LogP contribution < -0.4 is 15.4 Å². The number of aryl methyl sites for hydroxylation is 1. The van der Waals surface area contributed by atoms with E-state index in [-0.39, 0.29) is 23.1 Å². The van der Waals surface area contributed by atoms with Crippen molar-refractivity contribution in [2.75, 3.05) is 37.9 Å². The smallest absolute Gasteiger partial charge is 0.246 e. The van der Waals surface area contributed by atoms with Crippen LogP contribution in [0.2, 0.25) is 0 Å². The second-order valence-corrected chi connectivity index (χ2v) is 8.85. The number of hydrogen-bond acceptors (Lipinski definition) is 5. The summed E-state index contributed by atoms with van der Waals surface area (Å²) in [4.78, 5) is 12.3. The van der Waals surface area contributed by atoms with Crippen LogP contribution in [0.25, 0.3) is 0 Å². The monoisotopic (exact) mass is 419 g/mol. The van der Waals surface area contributed by atoms with Crippen LogP contribution in [-0.4, -0.2) is 45.9 Å². The highest BCUT2D eigenvalue weighted by molar-refractivity contribution is 7.89. The van der Waals surface area contributed by atoms with Crippen LogP contribution in [-0.2, 0) is 21.2 Å². The van der Waals surface area contributed by atoms with Gasteiger partial charge in [-0.3, -0.25) is 4.79 Å². The molecule has 0 heterocycles. The summed E-state index contributed by atoms with van der Waals surface area (Å²) in [6.45, 7) is 4.27. The van der Waals surface area contributed by atoms with Crippen LogP contribution in [0.4, 0.5) is 11.4 Å². The van der Waals surface area contributed by atoms with Crippen LogP contribution in [0.5, 0.6) is 5.75 Å². The maximum absolute atomic E-state index is 12.6. The molecule has 0 spiro atoms. The van der Waals surface area contributed by atoms with E-state index in [2.05, 4.69) is 17.6 Å². The van der Waals surface area contributed by atoms with Crippen molar-refractivity contribution in [1.29, 1.82) is 0 Å². The van der Waals surface area contributed by atoms with Gasteiger partial charge in [0, 0.05) is 25.5 Å². The molecule has 0 aliphatic carbocycles. The number of sulfonamides is 1. The molecule has 0 bridgehead atoms. The maximum atomic E-state index is 12.6. The Hall–Kier alpha value is -2.58. The molecule has 7 nitrogen and oxygen atoms in total. The number of ether oxygens (including phenoxy) is 1. The third kappa shape index (κ3) is 6.20. The first-order chi connectivity index (χ1) is 13.8. The van der Waals surface area contributed by atoms with Crippen molar-refractivity contribution in [3.63, 3.8) is 0 Å². The Labute approximate surface area is 173 Å². The van der Waals surface area contributed by atoms with Crippen molar-refractivity contribution in [3.05, 3.63) is 48.0 Å². The molecule has 2 aromatic rings. The van der Waals surface area contributed by atoms with E-state index in [4.69, 9.17) is 4.74 Å². The summed E-state index contributed by atoms with van der Waals surface area (Å²) >= 11 is 0. The SMILES string of the molecule is CCCc1ccc(NC(=O)CNc2ccc(OCC)c(S(=O)(=O)N(C)C)c2)cc1. The van der Waals surface area contributed by atoms with Crippen LogP contribution in [0.15, 0.2) is 47.4 Å². The molecule has 2 rings (SSSR count). The molecule has 0 atom stereocenters. The predicted octanol–water partition coefficient (Wildman–Crippen LogP) is 3.34. The summed E-state index contributed by atoms with van der Waals surface area (Å²) in [5, 5.41) is 5.79. The van der Waals surface area contributed by atoms with Crippen molar-refractivity contribution < 1.29 is 17.9 Å². The molecule has 2 N–H and O–H groups in total. The number of benzene rings is 2. The van der Waals surface area contributed by atoms with Crippen molar-refractivity contribution >= 4 is 27.3 Å². The Morgan fingerprint density at radius 2 is 1.69 bits per heavy atom. The Morgan fingerprint density at radius 1 is 1.03 bits per heavy atom. The Morgan fingerprint density at radius 3 is 2.28 bits per heavy atom. The van der Waals surface area contributed by atoms with E-state index < -0.39 is 10.0 Å². The highest BCUT2D eigenvalue weighted by Gasteiger charge is 2.23. The van der Waals surface area contributed by atoms with Crippen LogP contribution >= 0.6 is 0 Å². The zero-order chi connectivity index (χ0) is 21.4. The highest BCUT2D eigenvalue weighted by atomic mass is 32.2. The minimum Gasteiger partial charge on any atom is -0.492 e. The molecule has 8 heteroatoms. The fraction of sp³-hybridized carbons (Fsp3) is 0.381. The summed E-state index contributed by atoms with van der Waals surface area (Å²) in [7, 11) is -0.755. The fourth-order valence-corrected chi connectivity index (χ4v) is 3.77. The second kappa shape index (κ2) is 10.3. The molecule has 158 valence electrons. The fourth-order valence-electron chi connectivity index (χ4n) is 2.72. The van der Waals surface area contributed by atoms with Crippen molar-refractivity contribution in [3.8, 4) is 5.75 Å². The van der Waals surface area contributed by atoms with Crippen LogP contribution in [0, 0.1) is 0 Å². The number of carbonyl (C=O) groups is 1. The van der Waals surface area contributed by atoms with E-state index in [1.807, 2.05) is 24.3 Å². The minimum absolute atomic E-state index is 0.00610. The number of hydrogen-bond donors (Lipinski definition) is 2. The van der Waals surface area contributed by atoms with Gasteiger partial charge in [0.15, 0.2) is 0 Å². The molecule has 1 amide bonds. The molecular formula is C21H29N3O4S. The lowest BCUT2D eigenvalue weighted by molar-refractivity contribution is -0.114. The average molecular weight is 420 g/mol. The van der Waals surface area contributed by atoms with E-state index in [1.165, 1.54) is 25.7 Å². The molecule has 0 fully saturated rings. The number of nitrogens with zero attached hydrogens (tertiary/aromatic N) is 1. The Bertz CT molecular complexity index is 925. The molecule has 0 aliphatic heterocycles. The van der Waals surface area contributed by atoms with E-state index in [9.17, 15) is 13.2 Å². The van der Waals surface area contributed by atoms with Gasteiger partial charge in [-0.2, -0.15) is 0 Å². The number of rotatable bonds is 10. The normalized spacial score (nSPS) is 11.3. The van der Waals surface area contributed by atoms with Gasteiger partial charge >= 0.3 is 0 Å². The molecular weight excluding hydrogens is 390 g/mol. The molecule has 0 aliphatic rings. The molecule has 0 unspecified atom stereocenters. The molecule has 2 aromatic carbocycles. The molecule has 0 radical (unpaired) electrons.